The first kappa shape index (κ1) is 9.99. The van der Waals surface area contributed by atoms with Crippen molar-refractivity contribution in [1.29, 1.82) is 0 Å². The van der Waals surface area contributed by atoms with Gasteiger partial charge in [0.05, 0.1) is 17.6 Å². The lowest BCUT2D eigenvalue weighted by Crippen LogP contribution is -2.26. The zero-order valence-electron chi connectivity index (χ0n) is 6.86. The van der Waals surface area contributed by atoms with E-state index in [1.165, 1.54) is 0 Å². The molecule has 0 spiro atoms. The van der Waals surface area contributed by atoms with E-state index in [0.717, 1.165) is 0 Å². The minimum atomic E-state index is -0.131. The van der Waals surface area contributed by atoms with Crippen molar-refractivity contribution >= 4 is 11.6 Å². The van der Waals surface area contributed by atoms with Gasteiger partial charge in [-0.1, -0.05) is 6.08 Å². The Bertz CT molecular complexity index is 104. The van der Waals surface area contributed by atoms with Crippen LogP contribution in [0.25, 0.3) is 0 Å². The summed E-state index contributed by atoms with van der Waals surface area (Å²) in [6.07, 6.45) is 1.69. The lowest BCUT2D eigenvalue weighted by molar-refractivity contribution is -0.0282. The smallest absolute Gasteiger partial charge is 0.0895 e. The Hall–Kier alpha value is -0.0100. The highest BCUT2D eigenvalue weighted by Crippen LogP contribution is 2.11. The summed E-state index contributed by atoms with van der Waals surface area (Å²) in [6, 6.07) is 0. The van der Waals surface area contributed by atoms with Gasteiger partial charge in [0.1, 0.15) is 0 Å². The van der Waals surface area contributed by atoms with E-state index < -0.39 is 0 Å². The summed E-state index contributed by atoms with van der Waals surface area (Å²) in [5.74, 6) is 0.473. The fraction of sp³-hybridized carbons (Fsp3) is 0.750. The molecule has 0 aliphatic carbocycles. The molecular weight excluding hydrogens is 148 g/mol. The molecule has 0 amide bonds. The molecule has 10 heavy (non-hydrogen) atoms. The van der Waals surface area contributed by atoms with Gasteiger partial charge in [-0.05, 0) is 20.8 Å². The number of alkyl halides is 1. The molecule has 1 nitrogen and oxygen atoms in total. The van der Waals surface area contributed by atoms with Crippen LogP contribution in [0.15, 0.2) is 12.7 Å². The van der Waals surface area contributed by atoms with E-state index in [-0.39, 0.29) is 11.7 Å². The SMILES string of the molecule is C=CC(CCl)OC(C)(C)C. The maximum absolute atomic E-state index is 5.58. The van der Waals surface area contributed by atoms with E-state index in [0.29, 0.717) is 5.88 Å². The molecule has 0 aliphatic rings. The van der Waals surface area contributed by atoms with Crippen molar-refractivity contribution in [3.8, 4) is 0 Å². The number of halogens is 1. The van der Waals surface area contributed by atoms with Crippen molar-refractivity contribution in [3.63, 3.8) is 0 Å². The van der Waals surface area contributed by atoms with Crippen molar-refractivity contribution in [1.82, 2.24) is 0 Å². The summed E-state index contributed by atoms with van der Waals surface area (Å²) in [5.41, 5.74) is -0.131. The number of ether oxygens (including phenoxy) is 1. The van der Waals surface area contributed by atoms with Gasteiger partial charge in [0.2, 0.25) is 0 Å². The van der Waals surface area contributed by atoms with Gasteiger partial charge in [0, 0.05) is 0 Å². The quantitative estimate of drug-likeness (QED) is 0.458. The molecule has 1 unspecified atom stereocenters. The van der Waals surface area contributed by atoms with Gasteiger partial charge >= 0.3 is 0 Å². The fourth-order valence-corrected chi connectivity index (χ4v) is 0.786. The molecule has 0 fully saturated rings. The normalized spacial score (nSPS) is 14.8. The van der Waals surface area contributed by atoms with E-state index in [1.54, 1.807) is 6.08 Å². The Kier molecular flexibility index (Phi) is 3.99. The molecule has 1 atom stereocenters. The lowest BCUT2D eigenvalue weighted by Gasteiger charge is -2.23. The zero-order valence-corrected chi connectivity index (χ0v) is 7.61. The van der Waals surface area contributed by atoms with E-state index >= 15 is 0 Å². The third-order valence-corrected chi connectivity index (χ3v) is 1.22. The van der Waals surface area contributed by atoms with Gasteiger partial charge in [0.25, 0.3) is 0 Å². The fourth-order valence-electron chi connectivity index (χ4n) is 0.597. The van der Waals surface area contributed by atoms with Gasteiger partial charge in [-0.3, -0.25) is 0 Å². The van der Waals surface area contributed by atoms with Gasteiger partial charge in [-0.25, -0.2) is 0 Å². The summed E-state index contributed by atoms with van der Waals surface area (Å²) in [7, 11) is 0. The van der Waals surface area contributed by atoms with Gasteiger partial charge in [0.15, 0.2) is 0 Å². The van der Waals surface area contributed by atoms with Crippen LogP contribution in [0.4, 0.5) is 0 Å². The van der Waals surface area contributed by atoms with Crippen LogP contribution in [-0.2, 0) is 4.74 Å². The van der Waals surface area contributed by atoms with E-state index in [4.69, 9.17) is 16.3 Å². The maximum Gasteiger partial charge on any atom is 0.0895 e. The van der Waals surface area contributed by atoms with Crippen LogP contribution < -0.4 is 0 Å². The monoisotopic (exact) mass is 162 g/mol. The van der Waals surface area contributed by atoms with Crippen LogP contribution >= 0.6 is 11.6 Å². The number of hydrogen-bond donors (Lipinski definition) is 0. The summed E-state index contributed by atoms with van der Waals surface area (Å²) in [5, 5.41) is 0. The molecule has 2 heteroatoms. The number of rotatable bonds is 3. The molecule has 0 heterocycles. The van der Waals surface area contributed by atoms with Crippen LogP contribution in [0.5, 0.6) is 0 Å². The van der Waals surface area contributed by atoms with Crippen LogP contribution in [0.1, 0.15) is 20.8 Å². The second kappa shape index (κ2) is 3.99. The number of hydrogen-bond acceptors (Lipinski definition) is 1. The molecule has 0 aromatic heterocycles. The van der Waals surface area contributed by atoms with E-state index in [9.17, 15) is 0 Å². The van der Waals surface area contributed by atoms with Gasteiger partial charge in [-0.2, -0.15) is 0 Å². The van der Waals surface area contributed by atoms with Crippen LogP contribution in [0.3, 0.4) is 0 Å². The van der Waals surface area contributed by atoms with Crippen molar-refractivity contribution in [2.24, 2.45) is 0 Å². The predicted molar refractivity (Wildman–Crippen MR) is 45.5 cm³/mol. The van der Waals surface area contributed by atoms with Gasteiger partial charge < -0.3 is 4.74 Å². The first-order chi connectivity index (χ1) is 4.49. The lowest BCUT2D eigenvalue weighted by atomic mass is 10.2. The predicted octanol–water partition coefficient (Wildman–Crippen LogP) is 2.59. The second-order valence-electron chi connectivity index (χ2n) is 3.16. The molecule has 0 radical (unpaired) electrons. The van der Waals surface area contributed by atoms with Crippen LogP contribution in [-0.4, -0.2) is 17.6 Å². The Morgan fingerprint density at radius 1 is 1.60 bits per heavy atom. The summed E-state index contributed by atoms with van der Waals surface area (Å²) in [6.45, 7) is 9.59. The zero-order chi connectivity index (χ0) is 8.20. The largest absolute Gasteiger partial charge is 0.367 e. The molecule has 0 bridgehead atoms. The highest BCUT2D eigenvalue weighted by atomic mass is 35.5. The van der Waals surface area contributed by atoms with Gasteiger partial charge in [-0.15, -0.1) is 18.2 Å². The van der Waals surface area contributed by atoms with E-state index in [1.807, 2.05) is 20.8 Å². The Balaban J connectivity index is 3.74. The highest BCUT2D eigenvalue weighted by Gasteiger charge is 2.14. The van der Waals surface area contributed by atoms with Crippen molar-refractivity contribution < 1.29 is 4.74 Å². The van der Waals surface area contributed by atoms with Crippen molar-refractivity contribution in [3.05, 3.63) is 12.7 Å². The molecule has 0 saturated heterocycles. The third-order valence-electron chi connectivity index (χ3n) is 0.920. The molecular formula is C8H15ClO. The summed E-state index contributed by atoms with van der Waals surface area (Å²) in [4.78, 5) is 0. The Labute approximate surface area is 68.0 Å². The molecule has 0 aromatic rings. The summed E-state index contributed by atoms with van der Waals surface area (Å²) < 4.78 is 5.49. The third kappa shape index (κ3) is 4.83. The average molecular weight is 163 g/mol. The highest BCUT2D eigenvalue weighted by molar-refractivity contribution is 6.18. The standard InChI is InChI=1S/C8H15ClO/c1-5-7(6-9)10-8(2,3)4/h5,7H,1,6H2,2-4H3. The average Bonchev–Trinajstić information content (AvgIpc) is 1.81. The van der Waals surface area contributed by atoms with Crippen LogP contribution in [0.2, 0.25) is 0 Å². The molecule has 0 N–H and O–H groups in total. The molecule has 0 rings (SSSR count). The molecule has 0 saturated carbocycles. The topological polar surface area (TPSA) is 9.23 Å². The Morgan fingerprint density at radius 3 is 2.20 bits per heavy atom. The molecule has 60 valence electrons. The van der Waals surface area contributed by atoms with Crippen molar-refractivity contribution in [2.45, 2.75) is 32.5 Å². The molecule has 0 aromatic carbocycles. The second-order valence-corrected chi connectivity index (χ2v) is 3.47. The minimum absolute atomic E-state index is 0.0262. The van der Waals surface area contributed by atoms with Crippen LogP contribution in [0, 0.1) is 0 Å². The maximum atomic E-state index is 5.58. The minimum Gasteiger partial charge on any atom is -0.367 e. The summed E-state index contributed by atoms with van der Waals surface area (Å²) >= 11 is 5.58. The first-order valence-corrected chi connectivity index (χ1v) is 3.89. The molecule has 0 aliphatic heterocycles. The Morgan fingerprint density at radius 2 is 2.10 bits per heavy atom. The first-order valence-electron chi connectivity index (χ1n) is 3.36. The van der Waals surface area contributed by atoms with Crippen molar-refractivity contribution in [2.75, 3.05) is 5.88 Å². The van der Waals surface area contributed by atoms with E-state index in [2.05, 4.69) is 6.58 Å².